The van der Waals surface area contributed by atoms with Gasteiger partial charge in [-0.05, 0) is 52.3 Å². The lowest BCUT2D eigenvalue weighted by Crippen LogP contribution is -2.15. The summed E-state index contributed by atoms with van der Waals surface area (Å²) in [6, 6.07) is 12.1. The third-order valence-electron chi connectivity index (χ3n) is 2.96. The highest BCUT2D eigenvalue weighted by atomic mass is 79.9. The first-order chi connectivity index (χ1) is 10.1. The lowest BCUT2D eigenvalue weighted by molar-refractivity contribution is 0.102. The second-order valence-electron chi connectivity index (χ2n) is 4.54. The van der Waals surface area contributed by atoms with Crippen LogP contribution >= 0.6 is 15.9 Å². The van der Waals surface area contributed by atoms with Crippen LogP contribution in [0.25, 0.3) is 0 Å². The number of amides is 1. The summed E-state index contributed by atoms with van der Waals surface area (Å²) in [6.07, 6.45) is 0. The minimum Gasteiger partial charge on any atom is -0.322 e. The number of nitrogens with one attached hydrogen (secondary N) is 2. The van der Waals surface area contributed by atoms with Crippen LogP contribution in [0, 0.1) is 5.82 Å². The molecule has 0 bridgehead atoms. The Morgan fingerprint density at radius 2 is 2.00 bits per heavy atom. The van der Waals surface area contributed by atoms with E-state index in [1.807, 2.05) is 25.1 Å². The molecule has 1 amide bonds. The molecule has 0 heterocycles. The van der Waals surface area contributed by atoms with E-state index in [1.165, 1.54) is 6.07 Å². The van der Waals surface area contributed by atoms with Crippen molar-refractivity contribution in [1.29, 1.82) is 0 Å². The van der Waals surface area contributed by atoms with Crippen molar-refractivity contribution in [3.8, 4) is 0 Å². The summed E-state index contributed by atoms with van der Waals surface area (Å²) in [7, 11) is 0. The number of rotatable bonds is 5. The predicted molar refractivity (Wildman–Crippen MR) is 85.9 cm³/mol. The molecule has 0 saturated heterocycles. The van der Waals surface area contributed by atoms with Crippen molar-refractivity contribution in [1.82, 2.24) is 5.32 Å². The Labute approximate surface area is 131 Å². The van der Waals surface area contributed by atoms with Gasteiger partial charge >= 0.3 is 0 Å². The molecule has 0 aliphatic heterocycles. The number of hydrogen-bond donors (Lipinski definition) is 2. The van der Waals surface area contributed by atoms with Gasteiger partial charge in [0, 0.05) is 12.2 Å². The predicted octanol–water partition coefficient (Wildman–Crippen LogP) is 3.95. The zero-order chi connectivity index (χ0) is 15.2. The van der Waals surface area contributed by atoms with Crippen molar-refractivity contribution in [2.24, 2.45) is 0 Å². The summed E-state index contributed by atoms with van der Waals surface area (Å²) >= 11 is 3.08. The van der Waals surface area contributed by atoms with Crippen LogP contribution in [0.5, 0.6) is 0 Å². The van der Waals surface area contributed by atoms with Crippen molar-refractivity contribution >= 4 is 27.5 Å². The van der Waals surface area contributed by atoms with E-state index in [0.29, 0.717) is 5.69 Å². The highest BCUT2D eigenvalue weighted by Gasteiger charge is 2.14. The highest BCUT2D eigenvalue weighted by Crippen LogP contribution is 2.20. The van der Waals surface area contributed by atoms with E-state index < -0.39 is 11.7 Å². The monoisotopic (exact) mass is 350 g/mol. The van der Waals surface area contributed by atoms with Crippen molar-refractivity contribution in [3.63, 3.8) is 0 Å². The lowest BCUT2D eigenvalue weighted by Gasteiger charge is -2.09. The van der Waals surface area contributed by atoms with Gasteiger partial charge in [-0.3, -0.25) is 4.79 Å². The molecular formula is C16H16BrFN2O. The van der Waals surface area contributed by atoms with E-state index >= 15 is 0 Å². The van der Waals surface area contributed by atoms with Crippen molar-refractivity contribution in [3.05, 3.63) is 63.9 Å². The number of anilines is 1. The molecule has 0 spiro atoms. The first-order valence-electron chi connectivity index (χ1n) is 6.67. The van der Waals surface area contributed by atoms with Crippen molar-refractivity contribution < 1.29 is 9.18 Å². The van der Waals surface area contributed by atoms with Gasteiger partial charge in [-0.15, -0.1) is 0 Å². The summed E-state index contributed by atoms with van der Waals surface area (Å²) in [5.74, 6) is -1.02. The fourth-order valence-electron chi connectivity index (χ4n) is 1.91. The molecule has 0 aliphatic rings. The first kappa shape index (κ1) is 15.7. The topological polar surface area (TPSA) is 41.1 Å². The van der Waals surface area contributed by atoms with Crippen LogP contribution < -0.4 is 10.6 Å². The van der Waals surface area contributed by atoms with E-state index in [1.54, 1.807) is 18.2 Å². The molecule has 0 aromatic heterocycles. The first-order valence-corrected chi connectivity index (χ1v) is 7.46. The smallest absolute Gasteiger partial charge is 0.258 e. The molecule has 2 aromatic rings. The zero-order valence-corrected chi connectivity index (χ0v) is 13.2. The Balaban J connectivity index is 2.14. The summed E-state index contributed by atoms with van der Waals surface area (Å²) in [5.41, 5.74) is 1.72. The Hall–Kier alpha value is -1.72. The number of hydrogen-bond acceptors (Lipinski definition) is 2. The molecule has 0 aliphatic carbocycles. The van der Waals surface area contributed by atoms with Crippen LogP contribution in [0.4, 0.5) is 10.1 Å². The van der Waals surface area contributed by atoms with Gasteiger partial charge in [0.25, 0.3) is 5.91 Å². The quantitative estimate of drug-likeness (QED) is 0.857. The van der Waals surface area contributed by atoms with Gasteiger partial charge in [-0.25, -0.2) is 4.39 Å². The van der Waals surface area contributed by atoms with Crippen LogP contribution in [-0.2, 0) is 6.54 Å². The summed E-state index contributed by atoms with van der Waals surface area (Å²) in [5, 5.41) is 5.93. The highest BCUT2D eigenvalue weighted by molar-refractivity contribution is 9.10. The van der Waals surface area contributed by atoms with Crippen LogP contribution in [0.3, 0.4) is 0 Å². The van der Waals surface area contributed by atoms with Crippen LogP contribution in [-0.4, -0.2) is 12.5 Å². The molecule has 21 heavy (non-hydrogen) atoms. The average molecular weight is 351 g/mol. The molecule has 110 valence electrons. The molecule has 0 radical (unpaired) electrons. The summed E-state index contributed by atoms with van der Waals surface area (Å²) < 4.78 is 14.2. The SMILES string of the molecule is CCNCc1cccc(NC(=O)c2cccc(Br)c2F)c1. The van der Waals surface area contributed by atoms with Gasteiger partial charge < -0.3 is 10.6 Å². The number of benzene rings is 2. The minimum atomic E-state index is -0.557. The van der Waals surface area contributed by atoms with Gasteiger partial charge in [0.15, 0.2) is 0 Å². The van der Waals surface area contributed by atoms with E-state index in [0.717, 1.165) is 18.7 Å². The Kier molecular flexibility index (Phi) is 5.47. The van der Waals surface area contributed by atoms with E-state index in [2.05, 4.69) is 26.6 Å². The fraction of sp³-hybridized carbons (Fsp3) is 0.188. The molecule has 2 rings (SSSR count). The Morgan fingerprint density at radius 3 is 2.76 bits per heavy atom. The lowest BCUT2D eigenvalue weighted by atomic mass is 10.1. The molecule has 0 saturated carbocycles. The summed E-state index contributed by atoms with van der Waals surface area (Å²) in [4.78, 5) is 12.1. The van der Waals surface area contributed by atoms with Crippen molar-refractivity contribution in [2.45, 2.75) is 13.5 Å². The Morgan fingerprint density at radius 1 is 1.24 bits per heavy atom. The largest absolute Gasteiger partial charge is 0.322 e. The maximum absolute atomic E-state index is 13.9. The molecule has 2 aromatic carbocycles. The Bertz CT molecular complexity index is 646. The van der Waals surface area contributed by atoms with Gasteiger partial charge in [0.1, 0.15) is 5.82 Å². The fourth-order valence-corrected chi connectivity index (χ4v) is 2.27. The third kappa shape index (κ3) is 4.12. The van der Waals surface area contributed by atoms with Crippen molar-refractivity contribution in [2.75, 3.05) is 11.9 Å². The van der Waals surface area contributed by atoms with E-state index in [4.69, 9.17) is 0 Å². The maximum atomic E-state index is 13.9. The normalized spacial score (nSPS) is 10.4. The standard InChI is InChI=1S/C16H16BrFN2O/c1-2-19-10-11-5-3-6-12(9-11)20-16(21)13-7-4-8-14(17)15(13)18/h3-9,19H,2,10H2,1H3,(H,20,21). The van der Waals surface area contributed by atoms with Gasteiger partial charge in [0.2, 0.25) is 0 Å². The van der Waals surface area contributed by atoms with Gasteiger partial charge in [0.05, 0.1) is 10.0 Å². The average Bonchev–Trinajstić information content (AvgIpc) is 2.48. The molecule has 0 atom stereocenters. The molecule has 3 nitrogen and oxygen atoms in total. The molecule has 2 N–H and O–H groups in total. The molecular weight excluding hydrogens is 335 g/mol. The van der Waals surface area contributed by atoms with Crippen LogP contribution in [0.1, 0.15) is 22.8 Å². The van der Waals surface area contributed by atoms with E-state index in [9.17, 15) is 9.18 Å². The van der Waals surface area contributed by atoms with Crippen LogP contribution in [0.2, 0.25) is 0 Å². The van der Waals surface area contributed by atoms with Crippen LogP contribution in [0.15, 0.2) is 46.9 Å². The minimum absolute atomic E-state index is 0.0152. The number of halogens is 2. The van der Waals surface area contributed by atoms with Gasteiger partial charge in [-0.1, -0.05) is 25.1 Å². The maximum Gasteiger partial charge on any atom is 0.258 e. The van der Waals surface area contributed by atoms with Gasteiger partial charge in [-0.2, -0.15) is 0 Å². The van der Waals surface area contributed by atoms with E-state index in [-0.39, 0.29) is 10.0 Å². The molecule has 0 fully saturated rings. The second kappa shape index (κ2) is 7.33. The number of carbonyl (C=O) groups excluding carboxylic acids is 1. The third-order valence-corrected chi connectivity index (χ3v) is 3.57. The zero-order valence-electron chi connectivity index (χ0n) is 11.6. The number of carbonyl (C=O) groups is 1. The molecule has 5 heteroatoms. The molecule has 0 unspecified atom stereocenters. The second-order valence-corrected chi connectivity index (χ2v) is 5.39. The summed E-state index contributed by atoms with van der Waals surface area (Å²) in [6.45, 7) is 3.63.